The van der Waals surface area contributed by atoms with Gasteiger partial charge in [0, 0.05) is 16.4 Å². The normalized spacial score (nSPS) is 35.8. The highest BCUT2D eigenvalue weighted by molar-refractivity contribution is 6.11. The van der Waals surface area contributed by atoms with Gasteiger partial charge in [0.05, 0.1) is 6.61 Å². The van der Waals surface area contributed by atoms with Gasteiger partial charge in [0.1, 0.15) is 7.85 Å². The molecule has 0 saturated heterocycles. The van der Waals surface area contributed by atoms with Gasteiger partial charge in [-0.25, -0.2) is 0 Å². The molecule has 3 atom stereocenters. The maximum atomic E-state index is 9.38. The van der Waals surface area contributed by atoms with Gasteiger partial charge in [-0.1, -0.05) is 17.5 Å². The standard InChI is InChI=1S/C9H14BN3O/c1-2-3-9(6-14)5-7(10)4-8(9)12-13-11/h3,7-8,14H,1,4-6,10H2/t7-,8+,9+/m0/s1. The summed E-state index contributed by atoms with van der Waals surface area (Å²) in [6, 6.07) is -0.165. The number of aliphatic hydroxyl groups excluding tert-OH is 1. The van der Waals surface area contributed by atoms with Crippen LogP contribution < -0.4 is 0 Å². The molecule has 0 spiro atoms. The molecule has 5 heteroatoms. The Balaban J connectivity index is 3.02. The molecule has 1 fully saturated rings. The van der Waals surface area contributed by atoms with E-state index in [9.17, 15) is 5.11 Å². The fourth-order valence-electron chi connectivity index (χ4n) is 2.28. The third-order valence-corrected chi connectivity index (χ3v) is 2.89. The van der Waals surface area contributed by atoms with Crippen molar-refractivity contribution in [3.05, 3.63) is 28.8 Å². The molecule has 0 bridgehead atoms. The lowest BCUT2D eigenvalue weighted by Gasteiger charge is -2.26. The quantitative estimate of drug-likeness (QED) is 0.235. The minimum absolute atomic E-state index is 0.0104. The molecule has 1 N–H and O–H groups in total. The van der Waals surface area contributed by atoms with Crippen LogP contribution in [-0.4, -0.2) is 25.6 Å². The number of aliphatic hydroxyl groups is 1. The van der Waals surface area contributed by atoms with Crippen molar-refractivity contribution < 1.29 is 5.11 Å². The third kappa shape index (κ3) is 1.85. The van der Waals surface area contributed by atoms with Gasteiger partial charge in [-0.15, -0.1) is 5.73 Å². The molecule has 0 aromatic heterocycles. The summed E-state index contributed by atoms with van der Waals surface area (Å²) in [5.41, 5.74) is 10.7. The van der Waals surface area contributed by atoms with Crippen molar-refractivity contribution in [2.75, 3.05) is 6.61 Å². The Labute approximate surface area is 84.4 Å². The van der Waals surface area contributed by atoms with Gasteiger partial charge in [0.25, 0.3) is 0 Å². The zero-order valence-corrected chi connectivity index (χ0v) is 8.35. The molecule has 0 aliphatic heterocycles. The van der Waals surface area contributed by atoms with Crippen LogP contribution in [0.15, 0.2) is 23.5 Å². The van der Waals surface area contributed by atoms with Crippen LogP contribution in [0.5, 0.6) is 0 Å². The number of hydrogen-bond acceptors (Lipinski definition) is 2. The molecule has 0 aromatic carbocycles. The molecule has 1 aliphatic rings. The van der Waals surface area contributed by atoms with E-state index in [4.69, 9.17) is 5.53 Å². The van der Waals surface area contributed by atoms with Gasteiger partial charge in [-0.2, -0.15) is 0 Å². The van der Waals surface area contributed by atoms with Crippen LogP contribution in [0.2, 0.25) is 5.82 Å². The highest BCUT2D eigenvalue weighted by Crippen LogP contribution is 2.46. The fourth-order valence-corrected chi connectivity index (χ4v) is 2.28. The van der Waals surface area contributed by atoms with Gasteiger partial charge in [0.15, 0.2) is 0 Å². The van der Waals surface area contributed by atoms with Crippen LogP contribution in [-0.2, 0) is 0 Å². The van der Waals surface area contributed by atoms with Crippen molar-refractivity contribution >= 4 is 7.85 Å². The van der Waals surface area contributed by atoms with E-state index in [1.54, 1.807) is 6.08 Å². The lowest BCUT2D eigenvalue weighted by Crippen LogP contribution is -2.30. The first-order valence-corrected chi connectivity index (χ1v) is 4.70. The fraction of sp³-hybridized carbons (Fsp3) is 0.667. The van der Waals surface area contributed by atoms with Crippen LogP contribution in [0.3, 0.4) is 0 Å². The van der Waals surface area contributed by atoms with Crippen LogP contribution in [0.1, 0.15) is 12.8 Å². The average molecular weight is 191 g/mol. The first-order chi connectivity index (χ1) is 6.68. The number of rotatable bonds is 3. The Morgan fingerprint density at radius 2 is 2.57 bits per heavy atom. The second kappa shape index (κ2) is 4.38. The summed E-state index contributed by atoms with van der Waals surface area (Å²) < 4.78 is 0. The number of hydrogen-bond donors (Lipinski definition) is 1. The minimum atomic E-state index is -0.437. The second-order valence-electron chi connectivity index (χ2n) is 4.01. The van der Waals surface area contributed by atoms with E-state index in [0.717, 1.165) is 12.8 Å². The minimum Gasteiger partial charge on any atom is -0.395 e. The molecule has 0 aromatic rings. The van der Waals surface area contributed by atoms with Gasteiger partial charge < -0.3 is 5.11 Å². The molecule has 1 rings (SSSR count). The van der Waals surface area contributed by atoms with E-state index in [-0.39, 0.29) is 12.6 Å². The zero-order chi connectivity index (χ0) is 10.6. The Morgan fingerprint density at radius 3 is 3.07 bits per heavy atom. The molecule has 0 unspecified atom stereocenters. The molecule has 14 heavy (non-hydrogen) atoms. The summed E-state index contributed by atoms with van der Waals surface area (Å²) in [5, 5.41) is 13.1. The Bertz CT molecular complexity index is 307. The van der Waals surface area contributed by atoms with Crippen molar-refractivity contribution in [1.29, 1.82) is 0 Å². The maximum absolute atomic E-state index is 9.38. The first-order valence-electron chi connectivity index (χ1n) is 4.70. The third-order valence-electron chi connectivity index (χ3n) is 2.89. The van der Waals surface area contributed by atoms with Gasteiger partial charge in [0.2, 0.25) is 0 Å². The number of azide groups is 1. The van der Waals surface area contributed by atoms with Crippen molar-refractivity contribution in [3.8, 4) is 0 Å². The highest BCUT2D eigenvalue weighted by Gasteiger charge is 2.43. The SMILES string of the molecule is B[C@H]1C[C@@H](N=[N+]=[N-])[C@@](C=C=C)(CO)C1. The van der Waals surface area contributed by atoms with Crippen LogP contribution in [0.4, 0.5) is 0 Å². The highest BCUT2D eigenvalue weighted by atomic mass is 16.3. The predicted octanol–water partition coefficient (Wildman–Crippen LogP) is 1.20. The Kier molecular flexibility index (Phi) is 3.42. The van der Waals surface area contributed by atoms with Crippen molar-refractivity contribution in [1.82, 2.24) is 0 Å². The van der Waals surface area contributed by atoms with Crippen LogP contribution >= 0.6 is 0 Å². The van der Waals surface area contributed by atoms with Crippen LogP contribution in [0, 0.1) is 5.41 Å². The summed E-state index contributed by atoms with van der Waals surface area (Å²) in [5.74, 6) is 0.460. The van der Waals surface area contributed by atoms with Crippen LogP contribution in [0.25, 0.3) is 10.4 Å². The van der Waals surface area contributed by atoms with Crippen molar-refractivity contribution in [3.63, 3.8) is 0 Å². The Hall–Kier alpha value is -1.15. The second-order valence-corrected chi connectivity index (χ2v) is 4.01. The van der Waals surface area contributed by atoms with E-state index >= 15 is 0 Å². The summed E-state index contributed by atoms with van der Waals surface area (Å²) in [6.45, 7) is 3.50. The van der Waals surface area contributed by atoms with E-state index in [2.05, 4.69) is 30.2 Å². The molecule has 0 radical (unpaired) electrons. The molecule has 0 heterocycles. The molecular weight excluding hydrogens is 177 g/mol. The van der Waals surface area contributed by atoms with Crippen molar-refractivity contribution in [2.24, 2.45) is 10.5 Å². The lowest BCUT2D eigenvalue weighted by atomic mass is 9.79. The summed E-state index contributed by atoms with van der Waals surface area (Å²) >= 11 is 0. The molecule has 74 valence electrons. The zero-order valence-electron chi connectivity index (χ0n) is 8.35. The predicted molar refractivity (Wildman–Crippen MR) is 57.7 cm³/mol. The van der Waals surface area contributed by atoms with E-state index in [1.807, 2.05) is 0 Å². The van der Waals surface area contributed by atoms with E-state index < -0.39 is 5.41 Å². The van der Waals surface area contributed by atoms with Gasteiger partial charge >= 0.3 is 0 Å². The molecule has 1 saturated carbocycles. The van der Waals surface area contributed by atoms with Gasteiger partial charge in [-0.05, 0) is 24.4 Å². The molecule has 4 nitrogen and oxygen atoms in total. The lowest BCUT2D eigenvalue weighted by molar-refractivity contribution is 0.159. The average Bonchev–Trinajstić information content (AvgIpc) is 2.45. The summed E-state index contributed by atoms with van der Waals surface area (Å²) in [7, 11) is 2.09. The molecule has 1 aliphatic carbocycles. The Morgan fingerprint density at radius 1 is 1.86 bits per heavy atom. The summed E-state index contributed by atoms with van der Waals surface area (Å²) in [6.07, 6.45) is 3.40. The molecule has 0 amide bonds. The summed E-state index contributed by atoms with van der Waals surface area (Å²) in [4.78, 5) is 2.82. The molecular formula is C9H14BN3O. The smallest absolute Gasteiger partial charge is 0.105 e. The topological polar surface area (TPSA) is 69.0 Å². The largest absolute Gasteiger partial charge is 0.395 e. The van der Waals surface area contributed by atoms with E-state index in [1.165, 1.54) is 0 Å². The van der Waals surface area contributed by atoms with E-state index in [0.29, 0.717) is 5.82 Å². The van der Waals surface area contributed by atoms with Crippen molar-refractivity contribution in [2.45, 2.75) is 24.7 Å². The maximum Gasteiger partial charge on any atom is 0.105 e. The first kappa shape index (κ1) is 10.9. The monoisotopic (exact) mass is 191 g/mol. The van der Waals surface area contributed by atoms with Gasteiger partial charge in [-0.3, -0.25) is 0 Å². The number of nitrogens with zero attached hydrogens (tertiary/aromatic N) is 3.